The van der Waals surface area contributed by atoms with Crippen LogP contribution in [-0.2, 0) is 14.8 Å². The number of ether oxygens (including phenoxy) is 1. The number of carbonyl (C=O) groups is 1. The number of nitrogens with zero attached hydrogens (tertiary/aromatic N) is 3. The van der Waals surface area contributed by atoms with Crippen LogP contribution in [-0.4, -0.2) is 46.8 Å². The monoisotopic (exact) mass is 676 g/mol. The van der Waals surface area contributed by atoms with Crippen molar-refractivity contribution in [1.82, 2.24) is 14.5 Å². The second kappa shape index (κ2) is 13.7. The van der Waals surface area contributed by atoms with Crippen LogP contribution in [0.1, 0.15) is 24.4 Å². The van der Waals surface area contributed by atoms with E-state index in [1.54, 1.807) is 24.7 Å². The fourth-order valence-electron chi connectivity index (χ4n) is 4.43. The number of hydrogen-bond acceptors (Lipinski definition) is 7. The summed E-state index contributed by atoms with van der Waals surface area (Å²) in [6.07, 6.45) is 3.92. The number of carboxylic acid groups (broad SMARTS) is 1. The van der Waals surface area contributed by atoms with Gasteiger partial charge in [-0.25, -0.2) is 32.0 Å². The fourth-order valence-corrected chi connectivity index (χ4v) is 6.36. The van der Waals surface area contributed by atoms with Gasteiger partial charge in [0, 0.05) is 35.8 Å². The number of benzene rings is 2. The zero-order valence-electron chi connectivity index (χ0n) is 22.2. The molecular formula is C27H22ClF5N4O5S2. The minimum Gasteiger partial charge on any atom is -0.491 e. The Morgan fingerprint density at radius 1 is 1.20 bits per heavy atom. The molecule has 0 spiro atoms. The van der Waals surface area contributed by atoms with Crippen molar-refractivity contribution in [3.63, 3.8) is 0 Å². The van der Waals surface area contributed by atoms with Crippen molar-refractivity contribution in [3.8, 4) is 5.75 Å². The number of thiazole rings is 1. The second-order valence-electron chi connectivity index (χ2n) is 9.23. The van der Waals surface area contributed by atoms with Crippen LogP contribution in [0.15, 0.2) is 77.0 Å². The number of carboxylic acids is 1. The maximum Gasteiger partial charge on any atom is 0.490 e. The number of sulfonamides is 1. The molecule has 44 heavy (non-hydrogen) atoms. The molecule has 4 aromatic rings. The van der Waals surface area contributed by atoms with Gasteiger partial charge in [-0.3, -0.25) is 4.72 Å². The van der Waals surface area contributed by atoms with Crippen molar-refractivity contribution in [2.75, 3.05) is 11.3 Å². The van der Waals surface area contributed by atoms with Crippen LogP contribution in [0.4, 0.5) is 27.8 Å². The van der Waals surface area contributed by atoms with Crippen LogP contribution in [0.3, 0.4) is 0 Å². The summed E-state index contributed by atoms with van der Waals surface area (Å²) >= 11 is 7.54. The molecule has 17 heteroatoms. The van der Waals surface area contributed by atoms with Gasteiger partial charge in [0.05, 0.1) is 23.5 Å². The van der Waals surface area contributed by atoms with Gasteiger partial charge in [0.1, 0.15) is 22.3 Å². The van der Waals surface area contributed by atoms with Crippen molar-refractivity contribution in [2.24, 2.45) is 5.92 Å². The minimum absolute atomic E-state index is 0.0141. The normalized spacial score (nSPS) is 16.8. The highest BCUT2D eigenvalue weighted by Gasteiger charge is 2.38. The molecular weight excluding hydrogens is 655 g/mol. The summed E-state index contributed by atoms with van der Waals surface area (Å²) in [7, 11) is -4.25. The van der Waals surface area contributed by atoms with Crippen LogP contribution in [0.25, 0.3) is 5.57 Å². The molecule has 2 atom stereocenters. The summed E-state index contributed by atoms with van der Waals surface area (Å²) in [5.74, 6) is -4.19. The molecule has 0 aliphatic heterocycles. The molecule has 2 heterocycles. The van der Waals surface area contributed by atoms with Gasteiger partial charge >= 0.3 is 12.1 Å². The highest BCUT2D eigenvalue weighted by Crippen LogP contribution is 2.41. The van der Waals surface area contributed by atoms with E-state index in [0.29, 0.717) is 0 Å². The first kappa shape index (κ1) is 32.9. The molecule has 234 valence electrons. The molecule has 2 N–H and O–H groups in total. The largest absolute Gasteiger partial charge is 0.491 e. The number of nitrogens with one attached hydrogen (secondary N) is 1. The predicted molar refractivity (Wildman–Crippen MR) is 152 cm³/mol. The number of aliphatic carboxylic acids is 1. The lowest BCUT2D eigenvalue weighted by Gasteiger charge is -2.34. The van der Waals surface area contributed by atoms with Crippen molar-refractivity contribution >= 4 is 50.3 Å². The first-order chi connectivity index (χ1) is 20.8. The molecule has 1 aliphatic rings. The Bertz CT molecular complexity index is 1720. The zero-order chi connectivity index (χ0) is 32.1. The number of alkyl halides is 3. The van der Waals surface area contributed by atoms with E-state index in [9.17, 15) is 30.4 Å². The van der Waals surface area contributed by atoms with Gasteiger partial charge in [-0.1, -0.05) is 29.8 Å². The third kappa shape index (κ3) is 8.12. The van der Waals surface area contributed by atoms with E-state index in [0.717, 1.165) is 36.1 Å². The van der Waals surface area contributed by atoms with Gasteiger partial charge in [-0.2, -0.15) is 13.2 Å². The van der Waals surface area contributed by atoms with Crippen LogP contribution in [0, 0.1) is 17.6 Å². The Hall–Kier alpha value is -4.02. The lowest BCUT2D eigenvalue weighted by molar-refractivity contribution is -0.192. The number of imidazole rings is 1. The van der Waals surface area contributed by atoms with Crippen molar-refractivity contribution < 1.29 is 45.0 Å². The maximum atomic E-state index is 15.0. The van der Waals surface area contributed by atoms with E-state index in [1.807, 2.05) is 10.8 Å². The summed E-state index contributed by atoms with van der Waals surface area (Å²) in [5, 5.41) is 8.56. The fraction of sp³-hybridized carbons (Fsp3) is 0.222. The Kier molecular flexibility index (Phi) is 10.3. The number of halogens is 6. The number of rotatable bonds is 8. The van der Waals surface area contributed by atoms with Crippen LogP contribution in [0.2, 0.25) is 5.02 Å². The summed E-state index contributed by atoms with van der Waals surface area (Å²) in [4.78, 5) is 16.3. The zero-order valence-corrected chi connectivity index (χ0v) is 24.6. The first-order valence-electron chi connectivity index (χ1n) is 12.5. The topological polar surface area (TPSA) is 123 Å². The summed E-state index contributed by atoms with van der Waals surface area (Å²) in [6, 6.07) is 8.20. The number of anilines is 1. The van der Waals surface area contributed by atoms with E-state index in [2.05, 4.69) is 20.8 Å². The molecule has 2 aromatic heterocycles. The highest BCUT2D eigenvalue weighted by atomic mass is 35.5. The Morgan fingerprint density at radius 2 is 1.91 bits per heavy atom. The molecule has 0 amide bonds. The maximum absolute atomic E-state index is 15.0. The van der Waals surface area contributed by atoms with Crippen molar-refractivity contribution in [1.29, 1.82) is 0 Å². The van der Waals surface area contributed by atoms with Gasteiger partial charge in [-0.05, 0) is 42.2 Å². The third-order valence-corrected chi connectivity index (χ3v) is 8.64. The minimum atomic E-state index is -5.08. The smallest absolute Gasteiger partial charge is 0.490 e. The quantitative estimate of drug-likeness (QED) is 0.196. The Labute approximate surface area is 256 Å². The van der Waals surface area contributed by atoms with Crippen molar-refractivity contribution in [3.05, 3.63) is 94.3 Å². The molecule has 5 rings (SSSR count). The SMILES string of the molecule is O=C(O)C(F)(F)F.O=S(=O)(Nc1cscn1)c1cc(Cl)c(OC[C@@H]2C(c3ccc(F)cc3)=CCC[C@H]2n2ccnc2)cc1F. The Morgan fingerprint density at radius 3 is 2.50 bits per heavy atom. The molecule has 9 nitrogen and oxygen atoms in total. The first-order valence-corrected chi connectivity index (χ1v) is 15.3. The van der Waals surface area contributed by atoms with Gasteiger partial charge in [0.2, 0.25) is 0 Å². The van der Waals surface area contributed by atoms with E-state index in [-0.39, 0.29) is 41.0 Å². The van der Waals surface area contributed by atoms with Crippen LogP contribution >= 0.6 is 22.9 Å². The van der Waals surface area contributed by atoms with Crippen molar-refractivity contribution in [2.45, 2.75) is 30.0 Å². The molecule has 0 saturated carbocycles. The standard InChI is InChI=1S/C25H21ClF2N4O3S2.C2HF3O2/c26-20-10-24(37(33,34)31-25-13-36-15-30-25)21(28)11-23(20)35-12-19-18(16-4-6-17(27)7-5-16)2-1-3-22(19)32-9-8-29-14-32;3-2(4,5)1(6)7/h2,4-11,13-15,19,22,31H,1,3,12H2;(H,6,7)/t19-,22-;/m1./s1. The van der Waals surface area contributed by atoms with E-state index in [1.165, 1.54) is 34.4 Å². The average molecular weight is 677 g/mol. The number of hydrogen-bond donors (Lipinski definition) is 2. The lowest BCUT2D eigenvalue weighted by Crippen LogP contribution is -2.28. The lowest BCUT2D eigenvalue weighted by atomic mass is 9.80. The Balaban J connectivity index is 0.000000566. The van der Waals surface area contributed by atoms with Gasteiger partial charge < -0.3 is 14.4 Å². The van der Waals surface area contributed by atoms with Crippen LogP contribution in [0.5, 0.6) is 5.75 Å². The summed E-state index contributed by atoms with van der Waals surface area (Å²) in [6.45, 7) is 0.119. The molecule has 0 saturated heterocycles. The summed E-state index contributed by atoms with van der Waals surface area (Å²) < 4.78 is 95.8. The molecule has 0 fully saturated rings. The molecule has 0 unspecified atom stereocenters. The predicted octanol–water partition coefficient (Wildman–Crippen LogP) is 6.82. The molecule has 1 aliphatic carbocycles. The third-order valence-electron chi connectivity index (χ3n) is 6.38. The highest BCUT2D eigenvalue weighted by molar-refractivity contribution is 7.92. The molecule has 2 aromatic carbocycles. The van der Waals surface area contributed by atoms with E-state index >= 15 is 0 Å². The number of allylic oxidation sites excluding steroid dienone is 1. The van der Waals surface area contributed by atoms with Gasteiger partial charge in [0.15, 0.2) is 5.82 Å². The number of aromatic nitrogens is 3. The molecule has 0 bridgehead atoms. The van der Waals surface area contributed by atoms with Crippen LogP contribution < -0.4 is 9.46 Å². The average Bonchev–Trinajstić information content (AvgIpc) is 3.68. The van der Waals surface area contributed by atoms with E-state index in [4.69, 9.17) is 26.2 Å². The van der Waals surface area contributed by atoms with Gasteiger partial charge in [-0.15, -0.1) is 11.3 Å². The summed E-state index contributed by atoms with van der Waals surface area (Å²) in [5.41, 5.74) is 3.27. The van der Waals surface area contributed by atoms with E-state index < -0.39 is 32.9 Å². The second-order valence-corrected chi connectivity index (χ2v) is 12.0. The molecule has 0 radical (unpaired) electrons. The van der Waals surface area contributed by atoms with Gasteiger partial charge in [0.25, 0.3) is 10.0 Å².